The number of amides is 1. The molecule has 1 aliphatic heterocycles. The molecule has 1 heterocycles. The van der Waals surface area contributed by atoms with Gasteiger partial charge in [-0.1, -0.05) is 89.4 Å². The number of halogens is 3. The van der Waals surface area contributed by atoms with Gasteiger partial charge in [0.05, 0.1) is 23.2 Å². The summed E-state index contributed by atoms with van der Waals surface area (Å²) in [6, 6.07) is 28.1. The van der Waals surface area contributed by atoms with Gasteiger partial charge in [0, 0.05) is 35.2 Å². The standard InChI is InChI=1S/C30H25Cl3N2O2/c31-23-11-9-22(10-12-23)28-19-34(15-16-35(28)27-14-13-24(32)18-26(27)33)30(37)17-20-5-7-21(8-6-20)25-3-1-2-4-29(25)36/h1-14,18,28,36H,15-17,19H2. The largest absolute Gasteiger partial charge is 0.507 e. The molecule has 0 radical (unpaired) electrons. The summed E-state index contributed by atoms with van der Waals surface area (Å²) in [5, 5.41) is 12.0. The molecule has 4 nitrogen and oxygen atoms in total. The molecule has 5 rings (SSSR count). The maximum Gasteiger partial charge on any atom is 0.227 e. The Morgan fingerprint density at radius 3 is 2.24 bits per heavy atom. The molecule has 0 aromatic heterocycles. The van der Waals surface area contributed by atoms with Gasteiger partial charge in [0.1, 0.15) is 5.75 Å². The van der Waals surface area contributed by atoms with Crippen molar-refractivity contribution in [2.24, 2.45) is 0 Å². The Balaban J connectivity index is 1.35. The fraction of sp³-hybridized carbons (Fsp3) is 0.167. The van der Waals surface area contributed by atoms with Crippen LogP contribution in [0.2, 0.25) is 15.1 Å². The van der Waals surface area contributed by atoms with Crippen LogP contribution in [0.1, 0.15) is 17.2 Å². The van der Waals surface area contributed by atoms with Crippen LogP contribution in [0.5, 0.6) is 5.75 Å². The number of phenols is 1. The number of rotatable bonds is 5. The van der Waals surface area contributed by atoms with E-state index in [-0.39, 0.29) is 17.7 Å². The van der Waals surface area contributed by atoms with Gasteiger partial charge in [-0.2, -0.15) is 0 Å². The third-order valence-corrected chi connectivity index (χ3v) is 7.52. The number of benzene rings is 4. The maximum absolute atomic E-state index is 13.4. The highest BCUT2D eigenvalue weighted by Gasteiger charge is 2.32. The molecule has 0 aliphatic carbocycles. The first-order valence-electron chi connectivity index (χ1n) is 12.0. The quantitative estimate of drug-likeness (QED) is 0.277. The Morgan fingerprint density at radius 2 is 1.54 bits per heavy atom. The summed E-state index contributed by atoms with van der Waals surface area (Å²) in [7, 11) is 0. The van der Waals surface area contributed by atoms with Gasteiger partial charge < -0.3 is 14.9 Å². The highest BCUT2D eigenvalue weighted by molar-refractivity contribution is 6.36. The average Bonchev–Trinajstić information content (AvgIpc) is 2.90. The van der Waals surface area contributed by atoms with Crippen LogP contribution < -0.4 is 4.90 Å². The van der Waals surface area contributed by atoms with Crippen molar-refractivity contribution in [3.63, 3.8) is 0 Å². The smallest absolute Gasteiger partial charge is 0.227 e. The molecule has 0 bridgehead atoms. The maximum atomic E-state index is 13.4. The normalized spacial score (nSPS) is 15.6. The van der Waals surface area contributed by atoms with Crippen molar-refractivity contribution in [1.29, 1.82) is 0 Å². The number of carbonyl (C=O) groups excluding carboxylic acids is 1. The minimum atomic E-state index is -0.0860. The number of anilines is 1. The molecular formula is C30H25Cl3N2O2. The van der Waals surface area contributed by atoms with E-state index in [1.807, 2.05) is 77.7 Å². The van der Waals surface area contributed by atoms with E-state index in [1.54, 1.807) is 18.2 Å². The van der Waals surface area contributed by atoms with Gasteiger partial charge in [0.25, 0.3) is 0 Å². The van der Waals surface area contributed by atoms with E-state index >= 15 is 0 Å². The van der Waals surface area contributed by atoms with Gasteiger partial charge in [0.2, 0.25) is 5.91 Å². The predicted octanol–water partition coefficient (Wildman–Crippen LogP) is 7.65. The number of para-hydroxylation sites is 1. The van der Waals surface area contributed by atoms with Gasteiger partial charge in [-0.25, -0.2) is 0 Å². The van der Waals surface area contributed by atoms with Crippen molar-refractivity contribution in [3.8, 4) is 16.9 Å². The third kappa shape index (κ3) is 5.72. The van der Waals surface area contributed by atoms with Crippen LogP contribution in [0, 0.1) is 0 Å². The van der Waals surface area contributed by atoms with E-state index in [0.29, 0.717) is 41.1 Å². The van der Waals surface area contributed by atoms with Crippen LogP contribution in [-0.2, 0) is 11.2 Å². The average molecular weight is 552 g/mol. The first kappa shape index (κ1) is 25.5. The lowest BCUT2D eigenvalue weighted by atomic mass is 9.99. The topological polar surface area (TPSA) is 43.8 Å². The monoisotopic (exact) mass is 550 g/mol. The molecule has 1 fully saturated rings. The highest BCUT2D eigenvalue weighted by atomic mass is 35.5. The van der Waals surface area contributed by atoms with E-state index in [1.165, 1.54) is 0 Å². The Morgan fingerprint density at radius 1 is 0.838 bits per heavy atom. The fourth-order valence-corrected chi connectivity index (χ4v) is 5.43. The van der Waals surface area contributed by atoms with Crippen molar-refractivity contribution in [3.05, 3.63) is 117 Å². The molecule has 0 spiro atoms. The number of hydrogen-bond acceptors (Lipinski definition) is 3. The van der Waals surface area contributed by atoms with Crippen LogP contribution in [0.15, 0.2) is 91.0 Å². The molecule has 1 N–H and O–H groups in total. The van der Waals surface area contributed by atoms with E-state index in [2.05, 4.69) is 4.90 Å². The van der Waals surface area contributed by atoms with E-state index < -0.39 is 0 Å². The van der Waals surface area contributed by atoms with Gasteiger partial charge >= 0.3 is 0 Å². The molecule has 4 aromatic carbocycles. The van der Waals surface area contributed by atoms with E-state index in [4.69, 9.17) is 34.8 Å². The van der Waals surface area contributed by atoms with Crippen molar-refractivity contribution in [2.45, 2.75) is 12.5 Å². The summed E-state index contributed by atoms with van der Waals surface area (Å²) in [6.07, 6.45) is 0.302. The second kappa shape index (κ2) is 11.1. The molecule has 1 amide bonds. The lowest BCUT2D eigenvalue weighted by molar-refractivity contribution is -0.131. The van der Waals surface area contributed by atoms with Crippen LogP contribution in [0.3, 0.4) is 0 Å². The van der Waals surface area contributed by atoms with Crippen LogP contribution in [-0.4, -0.2) is 35.5 Å². The lowest BCUT2D eigenvalue weighted by Crippen LogP contribution is -2.51. The highest BCUT2D eigenvalue weighted by Crippen LogP contribution is 2.37. The number of hydrogen-bond donors (Lipinski definition) is 1. The molecule has 4 aromatic rings. The van der Waals surface area contributed by atoms with E-state index in [0.717, 1.165) is 27.9 Å². The molecule has 0 saturated carbocycles. The minimum absolute atomic E-state index is 0.0659. The van der Waals surface area contributed by atoms with Crippen molar-refractivity contribution in [2.75, 3.05) is 24.5 Å². The first-order chi connectivity index (χ1) is 17.9. The molecule has 188 valence electrons. The fourth-order valence-electron chi connectivity index (χ4n) is 4.79. The predicted molar refractivity (Wildman–Crippen MR) is 152 cm³/mol. The Kier molecular flexibility index (Phi) is 7.61. The third-order valence-electron chi connectivity index (χ3n) is 6.73. The first-order valence-corrected chi connectivity index (χ1v) is 13.1. The zero-order valence-electron chi connectivity index (χ0n) is 19.9. The van der Waals surface area contributed by atoms with Crippen molar-refractivity contribution >= 4 is 46.4 Å². The summed E-state index contributed by atoms with van der Waals surface area (Å²) < 4.78 is 0. The number of piperazine rings is 1. The summed E-state index contributed by atoms with van der Waals surface area (Å²) >= 11 is 18.9. The zero-order valence-corrected chi connectivity index (χ0v) is 22.2. The number of phenolic OH excluding ortho intramolecular Hbond substituents is 1. The molecular weight excluding hydrogens is 527 g/mol. The number of nitrogens with zero attached hydrogens (tertiary/aromatic N) is 2. The minimum Gasteiger partial charge on any atom is -0.507 e. The van der Waals surface area contributed by atoms with Crippen molar-refractivity contribution in [1.82, 2.24) is 4.90 Å². The summed E-state index contributed by atoms with van der Waals surface area (Å²) in [4.78, 5) is 17.5. The lowest BCUT2D eigenvalue weighted by Gasteiger charge is -2.43. The summed E-state index contributed by atoms with van der Waals surface area (Å²) in [6.45, 7) is 1.74. The Labute approximate surface area is 231 Å². The summed E-state index contributed by atoms with van der Waals surface area (Å²) in [5.74, 6) is 0.300. The molecule has 1 saturated heterocycles. The van der Waals surface area contributed by atoms with Gasteiger partial charge in [0.15, 0.2) is 0 Å². The van der Waals surface area contributed by atoms with Crippen LogP contribution in [0.25, 0.3) is 11.1 Å². The second-order valence-electron chi connectivity index (χ2n) is 9.09. The number of carbonyl (C=O) groups is 1. The Bertz CT molecular complexity index is 1410. The zero-order chi connectivity index (χ0) is 25.9. The number of aromatic hydroxyl groups is 1. The van der Waals surface area contributed by atoms with Crippen LogP contribution >= 0.6 is 34.8 Å². The van der Waals surface area contributed by atoms with E-state index in [9.17, 15) is 9.90 Å². The Hall–Kier alpha value is -3.18. The van der Waals surface area contributed by atoms with Crippen molar-refractivity contribution < 1.29 is 9.90 Å². The molecule has 7 heteroatoms. The second-order valence-corrected chi connectivity index (χ2v) is 10.4. The molecule has 37 heavy (non-hydrogen) atoms. The summed E-state index contributed by atoms with van der Waals surface area (Å²) in [5.41, 5.74) is 4.54. The van der Waals surface area contributed by atoms with Gasteiger partial charge in [-0.3, -0.25) is 4.79 Å². The van der Waals surface area contributed by atoms with Crippen LogP contribution in [0.4, 0.5) is 5.69 Å². The molecule has 1 atom stereocenters. The van der Waals surface area contributed by atoms with Gasteiger partial charge in [-0.15, -0.1) is 0 Å². The molecule has 1 aliphatic rings. The molecule has 1 unspecified atom stereocenters. The van der Waals surface area contributed by atoms with Gasteiger partial charge in [-0.05, 0) is 53.1 Å². The SMILES string of the molecule is O=C(Cc1ccc(-c2ccccc2O)cc1)N1CCN(c2ccc(Cl)cc2Cl)C(c2ccc(Cl)cc2)C1.